The largest absolute Gasteiger partial charge is 0.320 e. The molecule has 0 aliphatic rings. The number of aryl methyl sites for hydroxylation is 3. The van der Waals surface area contributed by atoms with Gasteiger partial charge in [0.25, 0.3) is 11.5 Å². The van der Waals surface area contributed by atoms with Crippen molar-refractivity contribution >= 4 is 22.6 Å². The molecule has 0 aliphatic carbocycles. The average Bonchev–Trinajstić information content (AvgIpc) is 2.53. The van der Waals surface area contributed by atoms with Gasteiger partial charge in [-0.1, -0.05) is 6.07 Å². The van der Waals surface area contributed by atoms with Gasteiger partial charge in [0.2, 0.25) is 0 Å². The molecule has 1 aromatic heterocycles. The van der Waals surface area contributed by atoms with Crippen molar-refractivity contribution in [3.8, 4) is 0 Å². The molecule has 0 aliphatic heterocycles. The van der Waals surface area contributed by atoms with E-state index in [4.69, 9.17) is 0 Å². The van der Waals surface area contributed by atoms with Crippen molar-refractivity contribution in [2.45, 2.75) is 13.8 Å². The molecular weight excluding hydrogens is 309 g/mol. The maximum Gasteiger partial charge on any atom is 0.282 e. The van der Waals surface area contributed by atoms with Gasteiger partial charge >= 0.3 is 0 Å². The predicted molar refractivity (Wildman–Crippen MR) is 90.8 cm³/mol. The molecule has 1 heterocycles. The van der Waals surface area contributed by atoms with Crippen LogP contribution in [0.1, 0.15) is 21.6 Å². The molecular formula is C18H16FN3O2. The van der Waals surface area contributed by atoms with Gasteiger partial charge in [0.05, 0.1) is 11.0 Å². The molecule has 3 rings (SSSR count). The number of nitrogens with one attached hydrogen (secondary N) is 1. The molecule has 1 N–H and O–H groups in total. The Hall–Kier alpha value is -3.02. The molecule has 122 valence electrons. The van der Waals surface area contributed by atoms with Crippen LogP contribution in [0.5, 0.6) is 0 Å². The predicted octanol–water partition coefficient (Wildman–Crippen LogP) is 2.94. The number of anilines is 1. The van der Waals surface area contributed by atoms with Gasteiger partial charge in [0.1, 0.15) is 5.82 Å². The second kappa shape index (κ2) is 5.88. The Morgan fingerprint density at radius 2 is 1.88 bits per heavy atom. The van der Waals surface area contributed by atoms with Gasteiger partial charge in [-0.25, -0.2) is 9.37 Å². The second-order valence-electron chi connectivity index (χ2n) is 5.71. The Kier molecular flexibility index (Phi) is 3.89. The van der Waals surface area contributed by atoms with Gasteiger partial charge in [-0.05, 0) is 55.3 Å². The van der Waals surface area contributed by atoms with Gasteiger partial charge in [-0.2, -0.15) is 0 Å². The van der Waals surface area contributed by atoms with E-state index in [0.717, 1.165) is 11.1 Å². The number of fused-ring (bicyclic) bond motifs is 1. The first-order valence-electron chi connectivity index (χ1n) is 7.41. The van der Waals surface area contributed by atoms with E-state index in [9.17, 15) is 14.0 Å². The Bertz CT molecular complexity index is 1020. The van der Waals surface area contributed by atoms with E-state index in [-0.39, 0.29) is 11.4 Å². The van der Waals surface area contributed by atoms with Crippen molar-refractivity contribution in [3.05, 3.63) is 69.4 Å². The fraction of sp³-hybridized carbons (Fsp3) is 0.167. The lowest BCUT2D eigenvalue weighted by Gasteiger charge is -2.10. The van der Waals surface area contributed by atoms with Gasteiger partial charge in [0.15, 0.2) is 5.69 Å². The van der Waals surface area contributed by atoms with Crippen LogP contribution in [-0.2, 0) is 7.05 Å². The summed E-state index contributed by atoms with van der Waals surface area (Å²) in [7, 11) is 1.60. The number of aromatic nitrogens is 2. The molecule has 0 radical (unpaired) electrons. The van der Waals surface area contributed by atoms with Gasteiger partial charge < -0.3 is 9.88 Å². The Balaban J connectivity index is 2.09. The van der Waals surface area contributed by atoms with E-state index in [0.29, 0.717) is 11.0 Å². The average molecular weight is 325 g/mol. The first kappa shape index (κ1) is 15.9. The molecule has 0 spiro atoms. The number of hydrogen-bond donors (Lipinski definition) is 1. The smallest absolute Gasteiger partial charge is 0.282 e. The summed E-state index contributed by atoms with van der Waals surface area (Å²) in [6, 6.07) is 9.17. The zero-order valence-electron chi connectivity index (χ0n) is 13.6. The highest BCUT2D eigenvalue weighted by Crippen LogP contribution is 2.17. The number of carbonyl (C=O) groups excluding carboxylic acids is 1. The molecule has 5 nitrogen and oxygen atoms in total. The van der Waals surface area contributed by atoms with Crippen LogP contribution < -0.4 is 10.9 Å². The monoisotopic (exact) mass is 325 g/mol. The lowest BCUT2D eigenvalue weighted by atomic mass is 10.1. The van der Waals surface area contributed by atoms with Gasteiger partial charge in [-0.15, -0.1) is 0 Å². The molecule has 0 atom stereocenters. The van der Waals surface area contributed by atoms with Crippen molar-refractivity contribution in [2.75, 3.05) is 5.32 Å². The Morgan fingerprint density at radius 3 is 2.58 bits per heavy atom. The topological polar surface area (TPSA) is 64.0 Å². The van der Waals surface area contributed by atoms with Crippen LogP contribution in [0.2, 0.25) is 0 Å². The van der Waals surface area contributed by atoms with Crippen molar-refractivity contribution in [3.63, 3.8) is 0 Å². The van der Waals surface area contributed by atoms with E-state index in [1.165, 1.54) is 22.8 Å². The minimum Gasteiger partial charge on any atom is -0.320 e. The van der Waals surface area contributed by atoms with E-state index in [2.05, 4.69) is 10.3 Å². The van der Waals surface area contributed by atoms with Gasteiger partial charge in [0, 0.05) is 12.7 Å². The maximum absolute atomic E-state index is 13.2. The summed E-state index contributed by atoms with van der Waals surface area (Å²) in [5.41, 5.74) is 2.82. The van der Waals surface area contributed by atoms with Crippen LogP contribution in [0.15, 0.2) is 41.2 Å². The molecule has 2 aromatic carbocycles. The zero-order valence-corrected chi connectivity index (χ0v) is 13.6. The van der Waals surface area contributed by atoms with E-state index in [1.54, 1.807) is 13.1 Å². The summed E-state index contributed by atoms with van der Waals surface area (Å²) in [4.78, 5) is 29.0. The minimum absolute atomic E-state index is 0.225. The molecule has 0 unspecified atom stereocenters. The lowest BCUT2D eigenvalue weighted by molar-refractivity contribution is 0.102. The van der Waals surface area contributed by atoms with Crippen LogP contribution in [0.25, 0.3) is 11.0 Å². The highest BCUT2D eigenvalue weighted by molar-refractivity contribution is 6.03. The first-order valence-corrected chi connectivity index (χ1v) is 7.41. The maximum atomic E-state index is 13.2. The third-order valence-corrected chi connectivity index (χ3v) is 3.99. The summed E-state index contributed by atoms with van der Waals surface area (Å²) >= 11 is 0. The number of hydrogen-bond acceptors (Lipinski definition) is 3. The Labute approximate surface area is 137 Å². The van der Waals surface area contributed by atoms with Crippen LogP contribution in [0, 0.1) is 19.7 Å². The normalized spacial score (nSPS) is 10.8. The van der Waals surface area contributed by atoms with Crippen LogP contribution in [0.4, 0.5) is 10.1 Å². The molecule has 3 aromatic rings. The summed E-state index contributed by atoms with van der Waals surface area (Å²) < 4.78 is 14.6. The number of carbonyl (C=O) groups is 1. The number of rotatable bonds is 2. The van der Waals surface area contributed by atoms with Crippen molar-refractivity contribution in [1.29, 1.82) is 0 Å². The van der Waals surface area contributed by atoms with Crippen molar-refractivity contribution in [1.82, 2.24) is 9.55 Å². The molecule has 0 bridgehead atoms. The van der Waals surface area contributed by atoms with E-state index >= 15 is 0 Å². The van der Waals surface area contributed by atoms with Crippen LogP contribution in [-0.4, -0.2) is 15.5 Å². The molecule has 1 amide bonds. The van der Waals surface area contributed by atoms with E-state index < -0.39 is 17.3 Å². The summed E-state index contributed by atoms with van der Waals surface area (Å²) in [6.45, 7) is 3.89. The molecule has 0 saturated heterocycles. The fourth-order valence-corrected chi connectivity index (χ4v) is 2.48. The standard InChI is InChI=1S/C18H16FN3O2/c1-10-7-14-15(8-11(10)2)22(3)18(24)16(21-14)17(23)20-13-6-4-5-12(19)9-13/h4-9H,1-3H3,(H,20,23). The lowest BCUT2D eigenvalue weighted by Crippen LogP contribution is -2.29. The molecule has 0 fully saturated rings. The quantitative estimate of drug-likeness (QED) is 0.788. The van der Waals surface area contributed by atoms with Crippen LogP contribution >= 0.6 is 0 Å². The number of nitrogens with zero attached hydrogens (tertiary/aromatic N) is 2. The second-order valence-corrected chi connectivity index (χ2v) is 5.71. The number of halogens is 1. The number of benzene rings is 2. The van der Waals surface area contributed by atoms with Crippen molar-refractivity contribution < 1.29 is 9.18 Å². The third kappa shape index (κ3) is 2.78. The van der Waals surface area contributed by atoms with Gasteiger partial charge in [-0.3, -0.25) is 9.59 Å². The van der Waals surface area contributed by atoms with Crippen molar-refractivity contribution in [2.24, 2.45) is 7.05 Å². The van der Waals surface area contributed by atoms with E-state index in [1.807, 2.05) is 26.0 Å². The zero-order chi connectivity index (χ0) is 17.4. The summed E-state index contributed by atoms with van der Waals surface area (Å²) in [6.07, 6.45) is 0. The highest BCUT2D eigenvalue weighted by Gasteiger charge is 2.17. The number of amides is 1. The molecule has 6 heteroatoms. The SMILES string of the molecule is Cc1cc2nc(C(=O)Nc3cccc(F)c3)c(=O)n(C)c2cc1C. The Morgan fingerprint density at radius 1 is 1.17 bits per heavy atom. The summed E-state index contributed by atoms with van der Waals surface area (Å²) in [5.74, 6) is -1.14. The summed E-state index contributed by atoms with van der Waals surface area (Å²) in [5, 5.41) is 2.50. The molecule has 24 heavy (non-hydrogen) atoms. The third-order valence-electron chi connectivity index (χ3n) is 3.99. The minimum atomic E-state index is -0.665. The fourth-order valence-electron chi connectivity index (χ4n) is 2.48. The highest BCUT2D eigenvalue weighted by atomic mass is 19.1. The van der Waals surface area contributed by atoms with Crippen LogP contribution in [0.3, 0.4) is 0 Å². The first-order chi connectivity index (χ1) is 11.4. The molecule has 0 saturated carbocycles.